The van der Waals surface area contributed by atoms with Crippen LogP contribution in [0, 0.1) is 0 Å². The highest BCUT2D eigenvalue weighted by Crippen LogP contribution is 2.41. The lowest BCUT2D eigenvalue weighted by Crippen LogP contribution is -2.74. The zero-order valence-corrected chi connectivity index (χ0v) is 39.9. The lowest BCUT2D eigenvalue weighted by atomic mass is 9.86. The number of carbonyl (C=O) groups is 4. The van der Waals surface area contributed by atoms with Gasteiger partial charge in [0, 0.05) is 47.9 Å². The average molecular weight is 1020 g/mol. The third-order valence-electron chi connectivity index (χ3n) is 12.6. The molecular formula is C40H69N3O25Si. The molecule has 398 valence electrons. The van der Waals surface area contributed by atoms with E-state index >= 15 is 0 Å². The van der Waals surface area contributed by atoms with Crippen LogP contribution in [-0.2, 0) is 61.8 Å². The number of hydrogen-bond acceptors (Lipinski definition) is 25. The van der Waals surface area contributed by atoms with Crippen LogP contribution >= 0.6 is 0 Å². The fourth-order valence-corrected chi connectivity index (χ4v) is 9.59. The molecule has 0 bridgehead atoms. The van der Waals surface area contributed by atoms with Crippen molar-refractivity contribution in [2.75, 3.05) is 40.1 Å². The molecule has 5 heterocycles. The predicted molar refractivity (Wildman–Crippen MR) is 226 cm³/mol. The second-order valence-corrected chi connectivity index (χ2v) is 24.7. The molecule has 0 radical (unpaired) electrons. The normalized spacial score (nSPS) is 42.2. The van der Waals surface area contributed by atoms with Gasteiger partial charge >= 0.3 is 5.97 Å². The van der Waals surface area contributed by atoms with E-state index in [2.05, 4.69) is 35.6 Å². The van der Waals surface area contributed by atoms with E-state index < -0.39 is 205 Å². The average Bonchev–Trinajstić information content (AvgIpc) is 3.29. The molecule has 0 aromatic rings. The van der Waals surface area contributed by atoms with Crippen molar-refractivity contribution in [1.29, 1.82) is 0 Å². The Morgan fingerprint density at radius 3 is 1.94 bits per heavy atom. The van der Waals surface area contributed by atoms with Gasteiger partial charge in [0.05, 0.1) is 51.2 Å². The molecule has 5 fully saturated rings. The van der Waals surface area contributed by atoms with Crippen LogP contribution in [-0.4, -0.2) is 267 Å². The summed E-state index contributed by atoms with van der Waals surface area (Å²) in [5.74, 6) is -9.64. The standard InChI is InChI=1S/C40H69N3O25Si/c1-15(47)42-23-17(49)9-39(66-32(23)25(52)19(51)12-44)37(58)41-11-20(65-39)26(53)33-24(43-16(2)48)18(50)10-40(67-33,38(59)60-3)68-34-27(54)21(13-45)62-36(30(34)57)64-31-22(14-46)63-35(29(56)28(31)55)61-7-8-69(4,5)6/h17-36,44-46,49-57H,7-14H2,1-6H3,(H,41,58)(H,42,47)(H,43,48)/t17-,18+,19+,20+,21+,22+,23+,24+,25+,26+,27-,28+,29+,30+,31+,32+,33+,34-,35+,36-,39-,40-/m0/s1. The molecule has 5 rings (SSSR count). The third kappa shape index (κ3) is 12.7. The fraction of sp³-hybridized carbons (Fsp3) is 0.900. The summed E-state index contributed by atoms with van der Waals surface area (Å²) in [6.07, 6.45) is -35.5. The minimum atomic E-state index is -2.96. The Labute approximate surface area is 396 Å². The summed E-state index contributed by atoms with van der Waals surface area (Å²) in [5.41, 5.74) is 0. The molecule has 0 saturated carbocycles. The lowest BCUT2D eigenvalue weighted by molar-refractivity contribution is -0.388. The summed E-state index contributed by atoms with van der Waals surface area (Å²) in [5, 5.41) is 139. The lowest BCUT2D eigenvalue weighted by Gasteiger charge is -2.53. The number of hydrogen-bond donors (Lipinski definition) is 15. The Balaban J connectivity index is 1.44. The first-order valence-electron chi connectivity index (χ1n) is 22.4. The number of amides is 3. The molecule has 5 saturated heterocycles. The van der Waals surface area contributed by atoms with Gasteiger partial charge in [0.2, 0.25) is 11.8 Å². The maximum Gasteiger partial charge on any atom is 0.366 e. The van der Waals surface area contributed by atoms with E-state index in [0.29, 0.717) is 6.04 Å². The van der Waals surface area contributed by atoms with Crippen LogP contribution in [0.25, 0.3) is 0 Å². The quantitative estimate of drug-likeness (QED) is 0.0448. The molecule has 1 spiro atoms. The second-order valence-electron chi connectivity index (χ2n) is 19.0. The molecule has 29 heteroatoms. The van der Waals surface area contributed by atoms with Crippen molar-refractivity contribution in [3.8, 4) is 0 Å². The summed E-state index contributed by atoms with van der Waals surface area (Å²) >= 11 is 0. The van der Waals surface area contributed by atoms with E-state index in [4.69, 9.17) is 42.6 Å². The number of esters is 1. The van der Waals surface area contributed by atoms with Crippen molar-refractivity contribution in [3.05, 3.63) is 0 Å². The van der Waals surface area contributed by atoms with Gasteiger partial charge in [-0.15, -0.1) is 0 Å². The summed E-state index contributed by atoms with van der Waals surface area (Å²) in [6, 6.07) is -2.48. The van der Waals surface area contributed by atoms with Gasteiger partial charge in [0.25, 0.3) is 17.5 Å². The van der Waals surface area contributed by atoms with Crippen molar-refractivity contribution in [2.24, 2.45) is 0 Å². The van der Waals surface area contributed by atoms with E-state index in [1.807, 2.05) is 0 Å². The first-order chi connectivity index (χ1) is 32.3. The van der Waals surface area contributed by atoms with Crippen molar-refractivity contribution >= 4 is 31.8 Å². The summed E-state index contributed by atoms with van der Waals surface area (Å²) in [4.78, 5) is 52.0. The molecule has 28 nitrogen and oxygen atoms in total. The number of carbonyl (C=O) groups excluding carboxylic acids is 4. The number of morpholine rings is 1. The van der Waals surface area contributed by atoms with Crippen LogP contribution in [0.15, 0.2) is 0 Å². The Bertz CT molecular complexity index is 1750. The second kappa shape index (κ2) is 23.4. The molecule has 22 atom stereocenters. The van der Waals surface area contributed by atoms with Gasteiger partial charge in [-0.2, -0.15) is 0 Å². The molecule has 69 heavy (non-hydrogen) atoms. The molecule has 0 aromatic carbocycles. The number of methoxy groups -OCH3 is 1. The first-order valence-corrected chi connectivity index (χ1v) is 26.1. The van der Waals surface area contributed by atoms with Crippen LogP contribution in [0.5, 0.6) is 0 Å². The van der Waals surface area contributed by atoms with Crippen molar-refractivity contribution in [1.82, 2.24) is 16.0 Å². The Morgan fingerprint density at radius 2 is 1.38 bits per heavy atom. The number of aliphatic hydroxyl groups excluding tert-OH is 12. The molecular weight excluding hydrogens is 951 g/mol. The predicted octanol–water partition coefficient (Wildman–Crippen LogP) is -8.55. The van der Waals surface area contributed by atoms with Gasteiger partial charge in [-0.3, -0.25) is 14.4 Å². The fourth-order valence-electron chi connectivity index (χ4n) is 8.86. The Kier molecular flexibility index (Phi) is 19.4. The largest absolute Gasteiger partial charge is 0.465 e. The van der Waals surface area contributed by atoms with E-state index in [0.717, 1.165) is 21.0 Å². The van der Waals surface area contributed by atoms with Gasteiger partial charge < -0.3 is 120 Å². The summed E-state index contributed by atoms with van der Waals surface area (Å²) in [6.45, 7) is 5.08. The summed E-state index contributed by atoms with van der Waals surface area (Å²) in [7, 11) is -0.743. The molecule has 3 amide bonds. The monoisotopic (exact) mass is 1020 g/mol. The maximum atomic E-state index is 13.9. The Morgan fingerprint density at radius 1 is 0.783 bits per heavy atom. The SMILES string of the molecule is COC(=O)[C@@]1(O[C@H]2[C@@H](O)[C@@H](CO)O[C@@H](O[C@H]3[C@H](O)[C@@H](O)[C@H](OCC[Si](C)(C)C)O[C@@H]3CO)[C@@H]2O)C[C@@H](O)[C@@H](NC(C)=O)[C@H]([C@H](O)[C@H]2CNC(=O)[C@@]3(C[C@H](O)[C@@H](NC(C)=O)[C@H]([C@H](O)[C@H](O)CO)O3)O2)O1. The minimum Gasteiger partial charge on any atom is -0.465 e. The summed E-state index contributed by atoms with van der Waals surface area (Å²) < 4.78 is 52.0. The Hall–Kier alpha value is -2.70. The molecule has 15 N–H and O–H groups in total. The van der Waals surface area contributed by atoms with Gasteiger partial charge in [-0.25, -0.2) is 4.79 Å². The topological polar surface area (TPSA) is 430 Å². The first kappa shape index (κ1) is 57.2. The van der Waals surface area contributed by atoms with Crippen LogP contribution in [0.1, 0.15) is 26.7 Å². The van der Waals surface area contributed by atoms with E-state index in [1.165, 1.54) is 0 Å². The highest BCUT2D eigenvalue weighted by molar-refractivity contribution is 6.76. The van der Waals surface area contributed by atoms with Crippen LogP contribution in [0.3, 0.4) is 0 Å². The molecule has 5 aliphatic rings. The zero-order chi connectivity index (χ0) is 51.5. The van der Waals surface area contributed by atoms with Gasteiger partial charge in [-0.1, -0.05) is 19.6 Å². The van der Waals surface area contributed by atoms with Crippen molar-refractivity contribution < 1.29 is 123 Å². The number of nitrogens with one attached hydrogen (secondary N) is 3. The van der Waals surface area contributed by atoms with E-state index in [-0.39, 0.29) is 6.61 Å². The van der Waals surface area contributed by atoms with E-state index in [1.54, 1.807) is 0 Å². The number of ether oxygens (including phenoxy) is 9. The van der Waals surface area contributed by atoms with Gasteiger partial charge in [0.15, 0.2) is 12.6 Å². The molecule has 5 aliphatic heterocycles. The van der Waals surface area contributed by atoms with E-state index in [9.17, 15) is 80.5 Å². The molecule has 0 aliphatic carbocycles. The highest BCUT2D eigenvalue weighted by Gasteiger charge is 2.63. The molecule has 0 unspecified atom stereocenters. The van der Waals surface area contributed by atoms with Gasteiger partial charge in [-0.05, 0) is 6.04 Å². The number of rotatable bonds is 18. The van der Waals surface area contributed by atoms with Crippen molar-refractivity contribution in [2.45, 2.75) is 186 Å². The molecule has 0 aromatic heterocycles. The van der Waals surface area contributed by atoms with Crippen LogP contribution in [0.4, 0.5) is 0 Å². The van der Waals surface area contributed by atoms with Crippen LogP contribution < -0.4 is 16.0 Å². The highest BCUT2D eigenvalue weighted by atomic mass is 28.3. The minimum absolute atomic E-state index is 0.157. The maximum absolute atomic E-state index is 13.9. The number of aliphatic hydroxyl groups is 12. The van der Waals surface area contributed by atoms with Gasteiger partial charge in [0.1, 0.15) is 85.5 Å². The third-order valence-corrected chi connectivity index (χ3v) is 14.3. The van der Waals surface area contributed by atoms with Crippen molar-refractivity contribution in [3.63, 3.8) is 0 Å². The zero-order valence-electron chi connectivity index (χ0n) is 38.9. The smallest absolute Gasteiger partial charge is 0.366 e. The van der Waals surface area contributed by atoms with Crippen LogP contribution in [0.2, 0.25) is 25.7 Å².